The zero-order valence-electron chi connectivity index (χ0n) is 14.4. The minimum absolute atomic E-state index is 0.0776. The topological polar surface area (TPSA) is 116 Å². The SMILES string of the molecule is CCn1c(SCC(=O)Nc2cccc([N+](=O)[O-])c2)nnc1-c1ccccn1. The van der Waals surface area contributed by atoms with Gasteiger partial charge in [0.2, 0.25) is 5.91 Å². The van der Waals surface area contributed by atoms with Gasteiger partial charge in [-0.15, -0.1) is 10.2 Å². The highest BCUT2D eigenvalue weighted by atomic mass is 32.2. The molecular weight excluding hydrogens is 368 g/mol. The molecule has 138 valence electrons. The highest BCUT2D eigenvalue weighted by Gasteiger charge is 2.15. The normalized spacial score (nSPS) is 10.6. The van der Waals surface area contributed by atoms with Crippen LogP contribution in [0, 0.1) is 10.1 Å². The fraction of sp³-hybridized carbons (Fsp3) is 0.176. The Hall–Kier alpha value is -3.27. The van der Waals surface area contributed by atoms with Crippen LogP contribution in [0.4, 0.5) is 11.4 Å². The van der Waals surface area contributed by atoms with Crippen molar-refractivity contribution in [1.29, 1.82) is 0 Å². The molecule has 0 aliphatic carbocycles. The van der Waals surface area contributed by atoms with Gasteiger partial charge >= 0.3 is 0 Å². The molecule has 0 aliphatic rings. The Morgan fingerprint density at radius 3 is 2.81 bits per heavy atom. The Balaban J connectivity index is 1.66. The van der Waals surface area contributed by atoms with Crippen LogP contribution in [0.1, 0.15) is 6.92 Å². The van der Waals surface area contributed by atoms with E-state index in [-0.39, 0.29) is 17.3 Å². The fourth-order valence-corrected chi connectivity index (χ4v) is 3.19. The molecule has 2 aromatic heterocycles. The highest BCUT2D eigenvalue weighted by molar-refractivity contribution is 7.99. The molecule has 1 N–H and O–H groups in total. The molecule has 0 spiro atoms. The van der Waals surface area contributed by atoms with Crippen molar-refractivity contribution in [1.82, 2.24) is 19.7 Å². The monoisotopic (exact) mass is 384 g/mol. The maximum atomic E-state index is 12.2. The average molecular weight is 384 g/mol. The number of hydrogen-bond acceptors (Lipinski definition) is 7. The molecule has 0 fully saturated rings. The first-order valence-corrected chi connectivity index (χ1v) is 9.08. The van der Waals surface area contributed by atoms with Gasteiger partial charge in [-0.05, 0) is 25.1 Å². The summed E-state index contributed by atoms with van der Waals surface area (Å²) in [6.45, 7) is 2.59. The highest BCUT2D eigenvalue weighted by Crippen LogP contribution is 2.23. The predicted molar refractivity (Wildman–Crippen MR) is 101 cm³/mol. The molecule has 1 aromatic carbocycles. The van der Waals surface area contributed by atoms with Crippen molar-refractivity contribution in [2.24, 2.45) is 0 Å². The number of aromatic nitrogens is 4. The molecule has 1 amide bonds. The van der Waals surface area contributed by atoms with E-state index in [1.165, 1.54) is 30.0 Å². The van der Waals surface area contributed by atoms with Crippen molar-refractivity contribution >= 4 is 29.0 Å². The number of nitrogens with one attached hydrogen (secondary N) is 1. The predicted octanol–water partition coefficient (Wildman–Crippen LogP) is 3.00. The lowest BCUT2D eigenvalue weighted by molar-refractivity contribution is -0.384. The zero-order chi connectivity index (χ0) is 19.2. The molecule has 27 heavy (non-hydrogen) atoms. The van der Waals surface area contributed by atoms with Crippen molar-refractivity contribution in [2.75, 3.05) is 11.1 Å². The molecule has 0 aliphatic heterocycles. The van der Waals surface area contributed by atoms with Crippen LogP contribution >= 0.6 is 11.8 Å². The van der Waals surface area contributed by atoms with Crippen LogP contribution in [-0.2, 0) is 11.3 Å². The van der Waals surface area contributed by atoms with Gasteiger partial charge in [-0.25, -0.2) is 0 Å². The number of anilines is 1. The van der Waals surface area contributed by atoms with E-state index in [1.807, 2.05) is 29.7 Å². The number of pyridine rings is 1. The van der Waals surface area contributed by atoms with Gasteiger partial charge in [0.05, 0.1) is 10.7 Å². The van der Waals surface area contributed by atoms with Gasteiger partial charge in [-0.1, -0.05) is 23.9 Å². The fourth-order valence-electron chi connectivity index (χ4n) is 2.39. The molecule has 0 atom stereocenters. The van der Waals surface area contributed by atoms with E-state index in [9.17, 15) is 14.9 Å². The maximum absolute atomic E-state index is 12.2. The number of amides is 1. The number of hydrogen-bond donors (Lipinski definition) is 1. The number of nitro benzene ring substituents is 1. The second kappa shape index (κ2) is 8.41. The summed E-state index contributed by atoms with van der Waals surface area (Å²) < 4.78 is 1.88. The van der Waals surface area contributed by atoms with Crippen LogP contribution in [0.2, 0.25) is 0 Å². The van der Waals surface area contributed by atoms with Crippen molar-refractivity contribution in [3.8, 4) is 11.5 Å². The van der Waals surface area contributed by atoms with Crippen molar-refractivity contribution in [3.05, 3.63) is 58.8 Å². The number of nitro groups is 1. The van der Waals surface area contributed by atoms with Crippen LogP contribution in [0.3, 0.4) is 0 Å². The largest absolute Gasteiger partial charge is 0.325 e. The molecule has 3 rings (SSSR count). The Morgan fingerprint density at radius 1 is 1.26 bits per heavy atom. The van der Waals surface area contributed by atoms with Crippen molar-refractivity contribution < 1.29 is 9.72 Å². The number of benzene rings is 1. The van der Waals surface area contributed by atoms with E-state index in [0.29, 0.717) is 28.9 Å². The van der Waals surface area contributed by atoms with Gasteiger partial charge in [0.15, 0.2) is 11.0 Å². The summed E-state index contributed by atoms with van der Waals surface area (Å²) in [5.41, 5.74) is 1.01. The Labute approximate surface area is 159 Å². The van der Waals surface area contributed by atoms with Gasteiger partial charge in [0.1, 0.15) is 5.69 Å². The summed E-state index contributed by atoms with van der Waals surface area (Å²) >= 11 is 1.24. The Kier molecular flexibility index (Phi) is 5.77. The summed E-state index contributed by atoms with van der Waals surface area (Å²) in [7, 11) is 0. The third-order valence-electron chi connectivity index (χ3n) is 3.60. The van der Waals surface area contributed by atoms with Gasteiger partial charge in [-0.2, -0.15) is 0 Å². The molecule has 0 saturated heterocycles. The second-order valence-electron chi connectivity index (χ2n) is 5.41. The summed E-state index contributed by atoms with van der Waals surface area (Å²) in [5.74, 6) is 0.452. The minimum atomic E-state index is -0.507. The molecule has 0 bridgehead atoms. The van der Waals surface area contributed by atoms with Crippen molar-refractivity contribution in [3.63, 3.8) is 0 Å². The molecular formula is C17H16N6O3S. The average Bonchev–Trinajstić information content (AvgIpc) is 3.10. The third kappa shape index (κ3) is 4.47. The standard InChI is InChI=1S/C17H16N6O3S/c1-2-22-16(14-8-3-4-9-18-14)20-21-17(22)27-11-15(24)19-12-6-5-7-13(10-12)23(25)26/h3-10H,2,11H2,1H3,(H,19,24). The van der Waals surface area contributed by atoms with Crippen molar-refractivity contribution in [2.45, 2.75) is 18.6 Å². The molecule has 0 radical (unpaired) electrons. The molecule has 3 aromatic rings. The second-order valence-corrected chi connectivity index (χ2v) is 6.35. The lowest BCUT2D eigenvalue weighted by Crippen LogP contribution is -2.14. The van der Waals surface area contributed by atoms with E-state index in [0.717, 1.165) is 0 Å². The summed E-state index contributed by atoms with van der Waals surface area (Å²) in [4.78, 5) is 26.7. The summed E-state index contributed by atoms with van der Waals surface area (Å²) in [5, 5.41) is 22.4. The molecule has 0 saturated carbocycles. The summed E-state index contributed by atoms with van der Waals surface area (Å²) in [6, 6.07) is 11.3. The Morgan fingerprint density at radius 2 is 2.11 bits per heavy atom. The van der Waals surface area contributed by atoms with Gasteiger partial charge < -0.3 is 9.88 Å². The lowest BCUT2D eigenvalue weighted by atomic mass is 10.3. The Bertz CT molecular complexity index is 960. The van der Waals surface area contributed by atoms with Gasteiger partial charge in [0, 0.05) is 30.6 Å². The number of non-ortho nitro benzene ring substituents is 1. The summed E-state index contributed by atoms with van der Waals surface area (Å²) in [6.07, 6.45) is 1.68. The van der Waals surface area contributed by atoms with Crippen LogP contribution in [0.5, 0.6) is 0 Å². The van der Waals surface area contributed by atoms with Gasteiger partial charge in [0.25, 0.3) is 5.69 Å². The van der Waals surface area contributed by atoms with Crippen LogP contribution in [-0.4, -0.2) is 36.3 Å². The molecule has 10 heteroatoms. The number of carbonyl (C=O) groups is 1. The number of nitrogens with zero attached hydrogens (tertiary/aromatic N) is 5. The molecule has 0 unspecified atom stereocenters. The van der Waals surface area contributed by atoms with Crippen LogP contribution in [0.25, 0.3) is 11.5 Å². The van der Waals surface area contributed by atoms with E-state index in [1.54, 1.807) is 12.3 Å². The van der Waals surface area contributed by atoms with E-state index in [4.69, 9.17) is 0 Å². The minimum Gasteiger partial charge on any atom is -0.325 e. The quantitative estimate of drug-likeness (QED) is 0.378. The smallest absolute Gasteiger partial charge is 0.271 e. The first-order valence-electron chi connectivity index (χ1n) is 8.10. The lowest BCUT2D eigenvalue weighted by Gasteiger charge is -2.07. The maximum Gasteiger partial charge on any atom is 0.271 e. The zero-order valence-corrected chi connectivity index (χ0v) is 15.2. The third-order valence-corrected chi connectivity index (χ3v) is 4.57. The van der Waals surface area contributed by atoms with Crippen LogP contribution < -0.4 is 5.32 Å². The van der Waals surface area contributed by atoms with E-state index < -0.39 is 4.92 Å². The first kappa shape index (κ1) is 18.5. The molecule has 9 nitrogen and oxygen atoms in total. The number of thioether (sulfide) groups is 1. The first-order chi connectivity index (χ1) is 13.1. The number of rotatable bonds is 7. The van der Waals surface area contributed by atoms with Gasteiger partial charge in [-0.3, -0.25) is 19.9 Å². The van der Waals surface area contributed by atoms with E-state index >= 15 is 0 Å². The van der Waals surface area contributed by atoms with Crippen LogP contribution in [0.15, 0.2) is 53.8 Å². The van der Waals surface area contributed by atoms with E-state index in [2.05, 4.69) is 20.5 Å². The number of carbonyl (C=O) groups excluding carboxylic acids is 1. The molecule has 2 heterocycles.